The molecule has 1 saturated carbocycles. The Morgan fingerprint density at radius 3 is 2.90 bits per heavy atom. The van der Waals surface area contributed by atoms with Crippen LogP contribution in [0.4, 0.5) is 0 Å². The molecule has 7 aliphatic rings. The maximum Gasteiger partial charge on any atom is 0.343 e. The van der Waals surface area contributed by atoms with E-state index in [0.717, 1.165) is 38.6 Å². The summed E-state index contributed by atoms with van der Waals surface area (Å²) in [6.07, 6.45) is 4.24. The second-order valence-corrected chi connectivity index (χ2v) is 10.6. The maximum absolute atomic E-state index is 13.6. The van der Waals surface area contributed by atoms with Crippen LogP contribution in [0.25, 0.3) is 0 Å². The zero-order chi connectivity index (χ0) is 21.0. The first-order chi connectivity index (χ1) is 15.0. The molecule has 2 bridgehead atoms. The molecular formula is C24H29NO6. The number of esters is 1. The van der Waals surface area contributed by atoms with Gasteiger partial charge in [0.15, 0.2) is 11.2 Å². The van der Waals surface area contributed by atoms with Gasteiger partial charge in [0, 0.05) is 31.2 Å². The lowest BCUT2D eigenvalue weighted by atomic mass is 9.56. The molecule has 5 saturated heterocycles. The van der Waals surface area contributed by atoms with Gasteiger partial charge in [-0.05, 0) is 49.7 Å². The summed E-state index contributed by atoms with van der Waals surface area (Å²) in [7, 11) is 0. The molecule has 1 aromatic rings. The van der Waals surface area contributed by atoms with Gasteiger partial charge in [0.05, 0.1) is 6.04 Å². The highest BCUT2D eigenvalue weighted by molar-refractivity contribution is 5.82. The Morgan fingerprint density at radius 1 is 1.13 bits per heavy atom. The molecule has 2 spiro atoms. The third-order valence-electron chi connectivity index (χ3n) is 8.98. The van der Waals surface area contributed by atoms with Crippen LogP contribution in [0.3, 0.4) is 0 Å². The molecule has 8 atom stereocenters. The summed E-state index contributed by atoms with van der Waals surface area (Å²) < 4.78 is 12.3. The summed E-state index contributed by atoms with van der Waals surface area (Å²) in [4.78, 5) is 32.4. The number of carbonyl (C=O) groups excluding carboxylic acids is 1. The third kappa shape index (κ3) is 2.29. The van der Waals surface area contributed by atoms with Crippen molar-refractivity contribution < 1.29 is 28.9 Å². The van der Waals surface area contributed by atoms with E-state index >= 15 is 0 Å². The molecule has 1 aromatic carbocycles. The monoisotopic (exact) mass is 427 g/mol. The summed E-state index contributed by atoms with van der Waals surface area (Å²) in [6, 6.07) is 8.54. The summed E-state index contributed by atoms with van der Waals surface area (Å²) in [5.41, 5.74) is 0.701. The van der Waals surface area contributed by atoms with E-state index in [9.17, 15) is 4.79 Å². The molecule has 6 fully saturated rings. The van der Waals surface area contributed by atoms with Crippen LogP contribution >= 0.6 is 0 Å². The zero-order valence-corrected chi connectivity index (χ0v) is 18.0. The summed E-state index contributed by atoms with van der Waals surface area (Å²) >= 11 is 0. The van der Waals surface area contributed by atoms with Crippen molar-refractivity contribution in [3.63, 3.8) is 0 Å². The van der Waals surface area contributed by atoms with Gasteiger partial charge in [-0.25, -0.2) is 14.6 Å². The van der Waals surface area contributed by atoms with Gasteiger partial charge in [-0.15, -0.1) is 0 Å². The van der Waals surface area contributed by atoms with E-state index in [4.69, 9.17) is 24.1 Å². The van der Waals surface area contributed by atoms with Crippen molar-refractivity contribution in [3.8, 4) is 0 Å². The van der Waals surface area contributed by atoms with Crippen LogP contribution in [0.5, 0.6) is 0 Å². The third-order valence-corrected chi connectivity index (χ3v) is 8.98. The Morgan fingerprint density at radius 2 is 2.00 bits per heavy atom. The molecule has 6 aliphatic heterocycles. The first kappa shape index (κ1) is 19.0. The first-order valence-electron chi connectivity index (χ1n) is 11.7. The Hall–Kier alpha value is -1.51. The molecule has 7 nitrogen and oxygen atoms in total. The van der Waals surface area contributed by atoms with Gasteiger partial charge in [-0.1, -0.05) is 31.2 Å². The highest BCUT2D eigenvalue weighted by atomic mass is 17.3. The van der Waals surface area contributed by atoms with E-state index < -0.39 is 23.3 Å². The minimum Gasteiger partial charge on any atom is -0.430 e. The molecule has 0 N–H and O–H groups in total. The number of benzene rings is 1. The summed E-state index contributed by atoms with van der Waals surface area (Å²) in [6.45, 7) is 4.92. The molecule has 8 rings (SSSR count). The van der Waals surface area contributed by atoms with E-state index in [2.05, 4.69) is 31.2 Å². The minimum absolute atomic E-state index is 0.0460. The molecule has 31 heavy (non-hydrogen) atoms. The molecule has 0 amide bonds. The number of fused-ring (bicyclic) bond motifs is 6. The second kappa shape index (κ2) is 6.08. The SMILES string of the molecule is C[C@@H]1CC[C@@H]2[C@]34OO[C@](C)(CC[C@@H]13)O[C@H]4OC(=O)[C@@]21C[C@H]2c3ccccc3CCN2O1. The van der Waals surface area contributed by atoms with Crippen LogP contribution in [-0.2, 0) is 35.3 Å². The normalized spacial score (nSPS) is 50.4. The van der Waals surface area contributed by atoms with Crippen molar-refractivity contribution in [2.75, 3.05) is 6.54 Å². The first-order valence-corrected chi connectivity index (χ1v) is 11.7. The lowest BCUT2D eigenvalue weighted by Crippen LogP contribution is -2.75. The molecular weight excluding hydrogens is 398 g/mol. The number of rotatable bonds is 0. The van der Waals surface area contributed by atoms with Gasteiger partial charge in [-0.2, -0.15) is 5.06 Å². The largest absolute Gasteiger partial charge is 0.430 e. The Labute approximate surface area is 181 Å². The van der Waals surface area contributed by atoms with Crippen molar-refractivity contribution in [2.24, 2.45) is 17.8 Å². The van der Waals surface area contributed by atoms with Crippen molar-refractivity contribution in [2.45, 2.75) is 81.7 Å². The Bertz CT molecular complexity index is 954. The van der Waals surface area contributed by atoms with Crippen molar-refractivity contribution in [3.05, 3.63) is 35.4 Å². The fraction of sp³-hybridized carbons (Fsp3) is 0.708. The van der Waals surface area contributed by atoms with Crippen LogP contribution in [0.2, 0.25) is 0 Å². The summed E-state index contributed by atoms with van der Waals surface area (Å²) in [5, 5.41) is 2.01. The van der Waals surface area contributed by atoms with Gasteiger partial charge in [0.25, 0.3) is 0 Å². The van der Waals surface area contributed by atoms with Crippen molar-refractivity contribution >= 4 is 5.97 Å². The topological polar surface area (TPSA) is 66.5 Å². The highest BCUT2D eigenvalue weighted by Gasteiger charge is 2.77. The average Bonchev–Trinajstić information content (AvgIpc) is 3.02. The predicted molar refractivity (Wildman–Crippen MR) is 107 cm³/mol. The van der Waals surface area contributed by atoms with E-state index in [1.54, 1.807) is 0 Å². The van der Waals surface area contributed by atoms with Crippen LogP contribution in [-0.4, -0.2) is 40.9 Å². The van der Waals surface area contributed by atoms with Gasteiger partial charge in [0.1, 0.15) is 0 Å². The van der Waals surface area contributed by atoms with E-state index in [1.807, 2.05) is 12.0 Å². The van der Waals surface area contributed by atoms with Gasteiger partial charge in [0.2, 0.25) is 12.1 Å². The number of ether oxygens (including phenoxy) is 2. The zero-order valence-electron chi connectivity index (χ0n) is 18.0. The Balaban J connectivity index is 1.34. The van der Waals surface area contributed by atoms with Crippen LogP contribution in [0, 0.1) is 17.8 Å². The number of hydroxylamine groups is 2. The molecule has 7 heteroatoms. The maximum atomic E-state index is 13.6. The molecule has 166 valence electrons. The van der Waals surface area contributed by atoms with Crippen LogP contribution in [0.1, 0.15) is 63.1 Å². The standard InChI is InChI=1S/C24H29NO6/c1-14-7-8-19-23(13-18-16-6-4-3-5-15(16)10-12-25(18)29-23)20(26)27-21-24(19)17(14)9-11-22(2,28-21)30-31-24/h3-6,14,17-19,21H,7-13H2,1-2H3/t14-,17+,18+,19+,21-,22-,23-,24-/m1/s1. The summed E-state index contributed by atoms with van der Waals surface area (Å²) in [5.74, 6) is -0.736. The Kier molecular flexibility index (Phi) is 3.73. The van der Waals surface area contributed by atoms with Crippen molar-refractivity contribution in [1.82, 2.24) is 5.06 Å². The number of hydrogen-bond acceptors (Lipinski definition) is 7. The lowest BCUT2D eigenvalue weighted by molar-refractivity contribution is -0.564. The van der Waals surface area contributed by atoms with Crippen LogP contribution in [0.15, 0.2) is 24.3 Å². The van der Waals surface area contributed by atoms with Crippen LogP contribution < -0.4 is 0 Å². The lowest BCUT2D eigenvalue weighted by Gasteiger charge is -2.60. The van der Waals surface area contributed by atoms with E-state index in [1.165, 1.54) is 11.1 Å². The molecule has 0 radical (unpaired) electrons. The average molecular weight is 427 g/mol. The molecule has 0 aromatic heterocycles. The number of carbonyl (C=O) groups is 1. The van der Waals surface area contributed by atoms with Gasteiger partial charge in [-0.3, -0.25) is 4.84 Å². The van der Waals surface area contributed by atoms with E-state index in [-0.39, 0.29) is 23.8 Å². The fourth-order valence-corrected chi connectivity index (χ4v) is 7.45. The molecule has 0 unspecified atom stereocenters. The molecule has 6 heterocycles. The highest BCUT2D eigenvalue weighted by Crippen LogP contribution is 2.64. The molecule has 1 aliphatic carbocycles. The van der Waals surface area contributed by atoms with E-state index in [0.29, 0.717) is 12.3 Å². The second-order valence-electron chi connectivity index (χ2n) is 10.6. The number of hydrogen-bond donors (Lipinski definition) is 0. The smallest absolute Gasteiger partial charge is 0.343 e. The van der Waals surface area contributed by atoms with Gasteiger partial charge >= 0.3 is 5.97 Å². The predicted octanol–water partition coefficient (Wildman–Crippen LogP) is 3.43. The minimum atomic E-state index is -1.07. The number of nitrogens with zero attached hydrogens (tertiary/aromatic N) is 1. The fourth-order valence-electron chi connectivity index (χ4n) is 7.45. The van der Waals surface area contributed by atoms with Crippen molar-refractivity contribution in [1.29, 1.82) is 0 Å². The van der Waals surface area contributed by atoms with Gasteiger partial charge < -0.3 is 9.47 Å². The quantitative estimate of drug-likeness (QED) is 0.464.